The van der Waals surface area contributed by atoms with Crippen molar-refractivity contribution < 1.29 is 13.8 Å². The van der Waals surface area contributed by atoms with Crippen LogP contribution in [0.3, 0.4) is 0 Å². The SMILES string of the molecule is C=CC(=O)Nc1ccc(S(=O)N2CCN(C(=O)N3CC4CC3CN4)CC2)cc1. The lowest BCUT2D eigenvalue weighted by Gasteiger charge is -2.38. The summed E-state index contributed by atoms with van der Waals surface area (Å²) in [6, 6.07) is 7.84. The maximum atomic E-state index is 12.8. The predicted molar refractivity (Wildman–Crippen MR) is 107 cm³/mol. The van der Waals surface area contributed by atoms with Gasteiger partial charge in [-0.15, -0.1) is 0 Å². The molecule has 0 saturated carbocycles. The van der Waals surface area contributed by atoms with Gasteiger partial charge in [-0.3, -0.25) is 4.79 Å². The molecule has 1 aromatic carbocycles. The van der Waals surface area contributed by atoms with Crippen molar-refractivity contribution in [3.8, 4) is 0 Å². The lowest BCUT2D eigenvalue weighted by Crippen LogP contribution is -2.56. The molecule has 3 amide bonds. The van der Waals surface area contributed by atoms with Gasteiger partial charge in [0, 0.05) is 57.0 Å². The first-order valence-corrected chi connectivity index (χ1v) is 10.6. The third kappa shape index (κ3) is 3.82. The average molecular weight is 404 g/mol. The number of carbonyl (C=O) groups is 2. The molecule has 150 valence electrons. The summed E-state index contributed by atoms with van der Waals surface area (Å²) in [6.45, 7) is 7.42. The summed E-state index contributed by atoms with van der Waals surface area (Å²) in [4.78, 5) is 28.7. The Hall–Kier alpha value is -2.23. The van der Waals surface area contributed by atoms with Gasteiger partial charge in [0.25, 0.3) is 0 Å². The second-order valence-electron chi connectivity index (χ2n) is 7.31. The Labute approximate surface area is 167 Å². The molecular weight excluding hydrogens is 378 g/mol. The molecule has 3 atom stereocenters. The normalized spacial score (nSPS) is 25.6. The number of benzene rings is 1. The summed E-state index contributed by atoms with van der Waals surface area (Å²) in [5.74, 6) is -0.281. The lowest BCUT2D eigenvalue weighted by molar-refractivity contribution is -0.111. The Morgan fingerprint density at radius 1 is 1.18 bits per heavy atom. The van der Waals surface area contributed by atoms with Gasteiger partial charge in [0.2, 0.25) is 5.91 Å². The molecular formula is C19H25N5O3S. The van der Waals surface area contributed by atoms with Crippen molar-refractivity contribution in [1.82, 2.24) is 19.4 Å². The molecule has 3 aliphatic heterocycles. The molecule has 4 rings (SSSR count). The second kappa shape index (κ2) is 8.02. The smallest absolute Gasteiger partial charge is 0.320 e. The van der Waals surface area contributed by atoms with Gasteiger partial charge in [-0.25, -0.2) is 13.3 Å². The Kier molecular flexibility index (Phi) is 5.47. The van der Waals surface area contributed by atoms with Crippen molar-refractivity contribution in [2.45, 2.75) is 23.4 Å². The van der Waals surface area contributed by atoms with E-state index < -0.39 is 11.0 Å². The van der Waals surface area contributed by atoms with E-state index in [0.717, 1.165) is 19.5 Å². The van der Waals surface area contributed by atoms with Gasteiger partial charge in [-0.2, -0.15) is 0 Å². The van der Waals surface area contributed by atoms with Crippen LogP contribution in [0.25, 0.3) is 0 Å². The van der Waals surface area contributed by atoms with Crippen LogP contribution in [0.1, 0.15) is 6.42 Å². The number of carbonyl (C=O) groups excluding carboxylic acids is 2. The number of rotatable bonds is 4. The van der Waals surface area contributed by atoms with Crippen LogP contribution in [0, 0.1) is 0 Å². The van der Waals surface area contributed by atoms with E-state index >= 15 is 0 Å². The molecule has 1 aromatic rings. The zero-order chi connectivity index (χ0) is 19.7. The van der Waals surface area contributed by atoms with Crippen LogP contribution in [0.4, 0.5) is 10.5 Å². The number of fused-ring (bicyclic) bond motifs is 2. The number of nitrogens with one attached hydrogen (secondary N) is 2. The Morgan fingerprint density at radius 3 is 2.46 bits per heavy atom. The monoisotopic (exact) mass is 403 g/mol. The summed E-state index contributed by atoms with van der Waals surface area (Å²) in [7, 11) is -1.29. The molecule has 0 radical (unpaired) electrons. The van der Waals surface area contributed by atoms with Crippen molar-refractivity contribution in [1.29, 1.82) is 0 Å². The fraction of sp³-hybridized carbons (Fsp3) is 0.474. The maximum absolute atomic E-state index is 12.8. The molecule has 0 aromatic heterocycles. The number of nitrogens with zero attached hydrogens (tertiary/aromatic N) is 3. The predicted octanol–water partition coefficient (Wildman–Crippen LogP) is 0.617. The highest BCUT2D eigenvalue weighted by Crippen LogP contribution is 2.25. The summed E-state index contributed by atoms with van der Waals surface area (Å²) in [6.07, 6.45) is 2.26. The quantitative estimate of drug-likeness (QED) is 0.722. The van der Waals surface area contributed by atoms with Gasteiger partial charge in [0.1, 0.15) is 11.0 Å². The summed E-state index contributed by atoms with van der Waals surface area (Å²) in [5, 5.41) is 6.08. The third-order valence-electron chi connectivity index (χ3n) is 5.55. The number of likely N-dealkylation sites (tertiary alicyclic amines) is 1. The zero-order valence-corrected chi connectivity index (χ0v) is 16.5. The van der Waals surface area contributed by atoms with Crippen LogP contribution in [0.2, 0.25) is 0 Å². The van der Waals surface area contributed by atoms with Gasteiger partial charge in [-0.1, -0.05) is 6.58 Å². The van der Waals surface area contributed by atoms with E-state index in [9.17, 15) is 13.8 Å². The van der Waals surface area contributed by atoms with Crippen LogP contribution in [-0.2, 0) is 15.8 Å². The minimum absolute atomic E-state index is 0.113. The minimum Gasteiger partial charge on any atom is -0.323 e. The van der Waals surface area contributed by atoms with E-state index in [0.29, 0.717) is 48.8 Å². The molecule has 2 N–H and O–H groups in total. The lowest BCUT2D eigenvalue weighted by atomic mass is 10.2. The van der Waals surface area contributed by atoms with Gasteiger partial charge in [-0.05, 0) is 36.8 Å². The minimum atomic E-state index is -1.29. The topological polar surface area (TPSA) is 85.0 Å². The highest BCUT2D eigenvalue weighted by Gasteiger charge is 2.42. The molecule has 9 heteroatoms. The molecule has 3 heterocycles. The number of amides is 3. The molecule has 0 spiro atoms. The molecule has 3 saturated heterocycles. The van der Waals surface area contributed by atoms with E-state index in [4.69, 9.17) is 0 Å². The van der Waals surface area contributed by atoms with E-state index in [-0.39, 0.29) is 11.9 Å². The number of hydrogen-bond donors (Lipinski definition) is 2. The molecule has 28 heavy (non-hydrogen) atoms. The van der Waals surface area contributed by atoms with Crippen molar-refractivity contribution in [3.63, 3.8) is 0 Å². The fourth-order valence-corrected chi connectivity index (χ4v) is 5.18. The van der Waals surface area contributed by atoms with Crippen LogP contribution >= 0.6 is 0 Å². The molecule has 2 bridgehead atoms. The Balaban J connectivity index is 1.31. The number of urea groups is 1. The fourth-order valence-electron chi connectivity index (χ4n) is 4.02. The molecule has 3 fully saturated rings. The first-order valence-electron chi connectivity index (χ1n) is 9.54. The highest BCUT2D eigenvalue weighted by atomic mass is 32.2. The number of anilines is 1. The first-order chi connectivity index (χ1) is 13.5. The summed E-state index contributed by atoms with van der Waals surface area (Å²) < 4.78 is 14.7. The van der Waals surface area contributed by atoms with E-state index in [1.54, 1.807) is 24.3 Å². The van der Waals surface area contributed by atoms with Gasteiger partial charge >= 0.3 is 6.03 Å². The number of hydrogen-bond acceptors (Lipinski definition) is 4. The van der Waals surface area contributed by atoms with E-state index in [1.807, 2.05) is 14.1 Å². The van der Waals surface area contributed by atoms with Crippen molar-refractivity contribution in [2.24, 2.45) is 0 Å². The van der Waals surface area contributed by atoms with Gasteiger partial charge < -0.3 is 20.4 Å². The van der Waals surface area contributed by atoms with Crippen molar-refractivity contribution >= 4 is 28.6 Å². The largest absolute Gasteiger partial charge is 0.323 e. The number of piperazine rings is 2. The molecule has 3 aliphatic rings. The maximum Gasteiger partial charge on any atom is 0.320 e. The second-order valence-corrected chi connectivity index (χ2v) is 8.80. The average Bonchev–Trinajstić information content (AvgIpc) is 3.37. The standard InChI is InChI=1S/C19H25N5O3S/c1-2-18(25)21-14-3-5-17(6-4-14)28(27)23-9-7-22(8-10-23)19(26)24-13-15-11-16(24)12-20-15/h2-6,15-16,20H,1,7-13H2,(H,21,25). The zero-order valence-electron chi connectivity index (χ0n) is 15.7. The highest BCUT2D eigenvalue weighted by molar-refractivity contribution is 7.82. The van der Waals surface area contributed by atoms with Crippen molar-refractivity contribution in [3.05, 3.63) is 36.9 Å². The van der Waals surface area contributed by atoms with E-state index in [1.165, 1.54) is 6.08 Å². The molecule has 8 nitrogen and oxygen atoms in total. The summed E-state index contributed by atoms with van der Waals surface area (Å²) in [5.41, 5.74) is 0.635. The van der Waals surface area contributed by atoms with Gasteiger partial charge in [0.15, 0.2) is 0 Å². The van der Waals surface area contributed by atoms with Crippen LogP contribution < -0.4 is 10.6 Å². The molecule has 3 unspecified atom stereocenters. The van der Waals surface area contributed by atoms with Crippen molar-refractivity contribution in [2.75, 3.05) is 44.6 Å². The van der Waals surface area contributed by atoms with Crippen LogP contribution in [0.5, 0.6) is 0 Å². The van der Waals surface area contributed by atoms with Gasteiger partial charge in [0.05, 0.1) is 4.90 Å². The first kappa shape index (κ1) is 19.1. The van der Waals surface area contributed by atoms with Crippen LogP contribution in [0.15, 0.2) is 41.8 Å². The summed E-state index contributed by atoms with van der Waals surface area (Å²) >= 11 is 0. The molecule has 0 aliphatic carbocycles. The Bertz CT molecular complexity index is 791. The Morgan fingerprint density at radius 2 is 1.89 bits per heavy atom. The van der Waals surface area contributed by atoms with Crippen LogP contribution in [-0.4, -0.2) is 81.6 Å². The van der Waals surface area contributed by atoms with E-state index in [2.05, 4.69) is 17.2 Å². The third-order valence-corrected chi connectivity index (χ3v) is 7.06.